The van der Waals surface area contributed by atoms with Gasteiger partial charge in [-0.1, -0.05) is 0 Å². The number of nitrogens with zero attached hydrogens (tertiary/aromatic N) is 1. The molecule has 0 aliphatic carbocycles. The Morgan fingerprint density at radius 2 is 1.47 bits per heavy atom. The Morgan fingerprint density at radius 3 is 2.03 bits per heavy atom. The molecule has 1 amide bonds. The van der Waals surface area contributed by atoms with Crippen LogP contribution in [0.15, 0.2) is 4.99 Å². The Morgan fingerprint density at radius 1 is 0.831 bits per heavy atom. The number of aliphatic imine (C=N–C) groups is 1. The van der Waals surface area contributed by atoms with Crippen LogP contribution in [-0.4, -0.2) is 232 Å². The van der Waals surface area contributed by atoms with Crippen LogP contribution >= 0.6 is 0 Å². The number of aliphatic hydroxyl groups is 12. The summed E-state index contributed by atoms with van der Waals surface area (Å²) in [6, 6.07) is -3.31. The first-order valence-corrected chi connectivity index (χ1v) is 17.8. The van der Waals surface area contributed by atoms with Gasteiger partial charge in [-0.3, -0.25) is 9.79 Å². The number of ether oxygens (including phenoxy) is 5. The molecule has 14 N–H and O–H groups in total. The van der Waals surface area contributed by atoms with Crippen molar-refractivity contribution < 1.29 is 154 Å². The smallest absolute Gasteiger partial charge is 0.862 e. The first-order valence-electron chi connectivity index (χ1n) is 17.8. The molecule has 0 unspecified atom stereocenters. The molecule has 0 aromatic rings. The van der Waals surface area contributed by atoms with E-state index in [1.54, 1.807) is 0 Å². The van der Waals surface area contributed by atoms with Crippen molar-refractivity contribution in [2.45, 2.75) is 155 Å². The second-order valence-corrected chi connectivity index (χ2v) is 14.1. The second kappa shape index (κ2) is 22.3. The first kappa shape index (κ1) is 51.9. The monoisotopic (exact) mass is 874 g/mol. The molecule has 4 aliphatic rings. The molecule has 0 spiro atoms. The van der Waals surface area contributed by atoms with Crippen LogP contribution in [0.2, 0.25) is 0 Å². The molecule has 0 bridgehead atoms. The number of carboxylic acids is 1. The molecular formula is C31H51N2NaO25. The van der Waals surface area contributed by atoms with Gasteiger partial charge in [0.2, 0.25) is 12.2 Å². The fraction of sp³-hybridized carbons (Fsp3) is 0.903. The van der Waals surface area contributed by atoms with Gasteiger partial charge in [-0.15, -0.1) is 0 Å². The summed E-state index contributed by atoms with van der Waals surface area (Å²) >= 11 is 0. The predicted octanol–water partition coefficient (Wildman–Crippen LogP) is -12.7. The van der Waals surface area contributed by atoms with Gasteiger partial charge < -0.3 is 100 Å². The van der Waals surface area contributed by atoms with Crippen molar-refractivity contribution >= 4 is 17.8 Å². The number of rotatable bonds is 16. The summed E-state index contributed by atoms with van der Waals surface area (Å²) in [5.74, 6) is -6.86. The van der Waals surface area contributed by atoms with Crippen LogP contribution in [0, 0.1) is 0 Å². The van der Waals surface area contributed by atoms with Crippen molar-refractivity contribution in [2.24, 2.45) is 4.99 Å². The fourth-order valence-corrected chi connectivity index (χ4v) is 6.66. The van der Waals surface area contributed by atoms with E-state index in [2.05, 4.69) is 10.3 Å². The summed E-state index contributed by atoms with van der Waals surface area (Å²) in [5.41, 5.74) is 0. The fourth-order valence-electron chi connectivity index (χ4n) is 6.66. The van der Waals surface area contributed by atoms with Gasteiger partial charge >= 0.3 is 41.3 Å². The average molecular weight is 875 g/mol. The molecule has 21 atom stereocenters. The number of aliphatic carboxylic acids is 1. The number of amides is 1. The van der Waals surface area contributed by atoms with E-state index >= 15 is 0 Å². The largest absolute Gasteiger partial charge is 1.00 e. The van der Waals surface area contributed by atoms with Crippen molar-refractivity contribution in [3.05, 3.63) is 0 Å². The molecule has 28 heteroatoms. The van der Waals surface area contributed by atoms with Gasteiger partial charge in [-0.05, 0) is 19.7 Å². The van der Waals surface area contributed by atoms with E-state index in [0.29, 0.717) is 0 Å². The Kier molecular flexibility index (Phi) is 19.6. The maximum Gasteiger partial charge on any atom is 1.00 e. The van der Waals surface area contributed by atoms with Crippen LogP contribution in [-0.2, 0) is 52.8 Å². The first-order chi connectivity index (χ1) is 27.2. The SMILES string of the molecule is CC(=O)N[C@@H]1[C@@H](O[C@@H]2O[C@@H](C)[C@@H](O)[C@@H](O)[C@@H]2O)[C@H](OO[C@@H]2O[C@H](CO)[C@H](O)[C@H](OO[C@]3(C(=O)O)C[C@H](O)[C@@H](N=C(C)[O-])[C@H]([C@@H](O)[C@H](O)CO)O3)[C@H]2O)[C@@H](CO)O[C@H]1O.[Na+]. The van der Waals surface area contributed by atoms with E-state index in [9.17, 15) is 81.1 Å². The summed E-state index contributed by atoms with van der Waals surface area (Å²) < 4.78 is 27.5. The van der Waals surface area contributed by atoms with E-state index in [4.69, 9.17) is 43.2 Å². The maximum atomic E-state index is 12.6. The van der Waals surface area contributed by atoms with Gasteiger partial charge in [0.15, 0.2) is 18.7 Å². The molecule has 4 saturated heterocycles. The summed E-state index contributed by atoms with van der Waals surface area (Å²) in [4.78, 5) is 49.2. The molecule has 4 heterocycles. The van der Waals surface area contributed by atoms with Crippen LogP contribution < -0.4 is 40.0 Å². The Labute approximate surface area is 356 Å². The molecule has 27 nitrogen and oxygen atoms in total. The third-order valence-electron chi connectivity index (χ3n) is 9.80. The number of nitrogens with one attached hydrogen (secondary N) is 1. The standard InChI is InChI=1S/C31H52N2O25.Na/c1-8-17(41)20(44)21(45)28(50-8)53-25-16(33-10(3)38)27(47)51-14(7-36)23(25)55-57-29-22(46)26(19(43)13(6-35)52-29)56-58-31(30(48)49)4-11(39)15(32-9(2)37)24(54-31)18(42)12(40)5-34;/h8,11-29,34-36,39-47H,4-7H2,1-3H3,(H,32,37)(H,33,38)(H,48,49);/q;+1/p-1/t8-,11-,12+,13+,14+,15+,16+,17+,18-,19-,20+,21-,22+,23+,24+,25+,26-,27+,28-,29-,31-;/m0./s1. The van der Waals surface area contributed by atoms with Gasteiger partial charge in [-0.25, -0.2) is 19.5 Å². The number of carbonyl (C=O) groups is 2. The van der Waals surface area contributed by atoms with Crippen molar-refractivity contribution in [3.8, 4) is 0 Å². The third-order valence-corrected chi connectivity index (χ3v) is 9.80. The Hall–Kier alpha value is -1.43. The molecular weight excluding hydrogens is 823 g/mol. The number of hydrogen-bond donors (Lipinski definition) is 14. The van der Waals surface area contributed by atoms with E-state index in [-0.39, 0.29) is 29.6 Å². The van der Waals surface area contributed by atoms with Crippen molar-refractivity contribution in [1.82, 2.24) is 5.32 Å². The van der Waals surface area contributed by atoms with Crippen LogP contribution in [0.3, 0.4) is 0 Å². The average Bonchev–Trinajstić information content (AvgIpc) is 3.17. The van der Waals surface area contributed by atoms with E-state index < -0.39 is 172 Å². The topological polar surface area (TPSA) is 428 Å². The van der Waals surface area contributed by atoms with Crippen LogP contribution in [0.4, 0.5) is 0 Å². The quantitative estimate of drug-likeness (QED) is 0.0225. The molecule has 4 aliphatic heterocycles. The van der Waals surface area contributed by atoms with Gasteiger partial charge in [0.25, 0.3) is 0 Å². The summed E-state index contributed by atoms with van der Waals surface area (Å²) in [6.07, 6.45) is -35.0. The number of carbonyl (C=O) groups excluding carboxylic acids is 1. The number of hydrogen-bond acceptors (Lipinski definition) is 25. The zero-order valence-electron chi connectivity index (χ0n) is 32.0. The van der Waals surface area contributed by atoms with Crippen LogP contribution in [0.1, 0.15) is 27.2 Å². The molecule has 4 fully saturated rings. The minimum absolute atomic E-state index is 0. The zero-order chi connectivity index (χ0) is 43.4. The van der Waals surface area contributed by atoms with Crippen LogP contribution in [0.25, 0.3) is 0 Å². The Balaban J connectivity index is 0.00000930. The van der Waals surface area contributed by atoms with Crippen molar-refractivity contribution in [3.63, 3.8) is 0 Å². The minimum Gasteiger partial charge on any atom is -0.862 e. The summed E-state index contributed by atoms with van der Waals surface area (Å²) in [6.45, 7) is 0.252. The van der Waals surface area contributed by atoms with Crippen molar-refractivity contribution in [2.75, 3.05) is 19.8 Å². The predicted molar refractivity (Wildman–Crippen MR) is 174 cm³/mol. The molecule has 0 radical (unpaired) electrons. The summed E-state index contributed by atoms with van der Waals surface area (Å²) in [5, 5.41) is 149. The zero-order valence-corrected chi connectivity index (χ0v) is 34.0. The Bertz CT molecular complexity index is 1390. The summed E-state index contributed by atoms with van der Waals surface area (Å²) in [7, 11) is 0. The molecule has 336 valence electrons. The van der Waals surface area contributed by atoms with Gasteiger partial charge in [0, 0.05) is 13.3 Å². The molecule has 59 heavy (non-hydrogen) atoms. The molecule has 4 rings (SSSR count). The molecule has 0 saturated carbocycles. The normalized spacial score (nSPS) is 44.2. The van der Waals surface area contributed by atoms with Gasteiger partial charge in [-0.2, -0.15) is 4.89 Å². The molecule has 0 aromatic carbocycles. The van der Waals surface area contributed by atoms with Crippen molar-refractivity contribution in [1.29, 1.82) is 0 Å². The second-order valence-electron chi connectivity index (χ2n) is 14.1. The van der Waals surface area contributed by atoms with E-state index in [1.165, 1.54) is 6.92 Å². The van der Waals surface area contributed by atoms with E-state index in [0.717, 1.165) is 13.8 Å². The number of aliphatic hydroxyl groups excluding tert-OH is 12. The van der Waals surface area contributed by atoms with Gasteiger partial charge in [0.1, 0.15) is 85.3 Å². The molecule has 0 aromatic heterocycles. The van der Waals surface area contributed by atoms with E-state index in [1.807, 2.05) is 0 Å². The number of carboxylic acid groups (broad SMARTS) is 1. The van der Waals surface area contributed by atoms with Crippen LogP contribution in [0.5, 0.6) is 0 Å². The third kappa shape index (κ3) is 11.8. The van der Waals surface area contributed by atoms with Gasteiger partial charge in [0.05, 0.1) is 32.0 Å². The minimum atomic E-state index is -3.15. The maximum absolute atomic E-state index is 12.6.